The van der Waals surface area contributed by atoms with Crippen molar-refractivity contribution in [2.75, 3.05) is 35.3 Å². The van der Waals surface area contributed by atoms with Gasteiger partial charge in [-0.15, -0.1) is 0 Å². The summed E-state index contributed by atoms with van der Waals surface area (Å²) in [6, 6.07) is 12.5. The highest BCUT2D eigenvalue weighted by atomic mass is 35.5. The second-order valence-electron chi connectivity index (χ2n) is 8.51. The summed E-state index contributed by atoms with van der Waals surface area (Å²) in [6.45, 7) is 2.81. The van der Waals surface area contributed by atoms with Crippen molar-refractivity contribution in [3.8, 4) is 11.5 Å². The van der Waals surface area contributed by atoms with Crippen LogP contribution >= 0.6 is 23.2 Å². The topological polar surface area (TPSA) is 114 Å². The maximum atomic E-state index is 11.9. The van der Waals surface area contributed by atoms with Crippen LogP contribution in [0, 0.1) is 0 Å². The lowest BCUT2D eigenvalue weighted by molar-refractivity contribution is -0.118. The van der Waals surface area contributed by atoms with Gasteiger partial charge in [0.1, 0.15) is 29.3 Å². The molecule has 2 aromatic carbocycles. The summed E-state index contributed by atoms with van der Waals surface area (Å²) in [7, 11) is -3.38. The number of carbonyl (C=O) groups is 1. The number of carbonyl (C=O) groups excluding carboxylic acids is 1. The molecule has 0 saturated carbocycles. The number of anilines is 3. The summed E-state index contributed by atoms with van der Waals surface area (Å²) in [4.78, 5) is 22.8. The molecule has 3 aromatic rings. The molecule has 1 amide bonds. The van der Waals surface area contributed by atoms with E-state index < -0.39 is 21.5 Å². The van der Waals surface area contributed by atoms with Gasteiger partial charge in [0, 0.05) is 42.5 Å². The Balaban J connectivity index is 1.47. The molecule has 190 valence electrons. The number of benzene rings is 2. The summed E-state index contributed by atoms with van der Waals surface area (Å²) in [6.07, 6.45) is 3.25. The lowest BCUT2D eigenvalue weighted by Gasteiger charge is -2.26. The van der Waals surface area contributed by atoms with Crippen molar-refractivity contribution in [3.63, 3.8) is 0 Å². The zero-order valence-corrected chi connectivity index (χ0v) is 22.0. The third kappa shape index (κ3) is 6.57. The van der Waals surface area contributed by atoms with E-state index in [1.54, 1.807) is 36.4 Å². The van der Waals surface area contributed by atoms with Crippen LogP contribution in [-0.4, -0.2) is 55.4 Å². The zero-order valence-electron chi connectivity index (χ0n) is 19.7. The minimum absolute atomic E-state index is 0.126. The number of sulfone groups is 1. The highest BCUT2D eigenvalue weighted by Crippen LogP contribution is 2.38. The van der Waals surface area contributed by atoms with Crippen LogP contribution in [0.25, 0.3) is 0 Å². The van der Waals surface area contributed by atoms with Gasteiger partial charge in [-0.3, -0.25) is 4.79 Å². The monoisotopic (exact) mass is 549 g/mol. The van der Waals surface area contributed by atoms with Crippen LogP contribution in [0.3, 0.4) is 0 Å². The standard InChI is InChI=1S/C24H25Cl2N5O4S/c1-15-10-20-23(31(15)9-8-27-22(32)13-36(2,33)34)24(29-14-28-20)30-17-6-7-21(19(26)12-17)35-18-5-3-4-16(25)11-18/h3-7,11-12,14-15H,8-10,13H2,1-2H3,(H,27,32)(H,28,29,30). The zero-order chi connectivity index (χ0) is 25.9. The number of hydrogen-bond acceptors (Lipinski definition) is 8. The van der Waals surface area contributed by atoms with Crippen LogP contribution in [0.15, 0.2) is 48.8 Å². The summed E-state index contributed by atoms with van der Waals surface area (Å²) in [5, 5.41) is 6.94. The normalized spacial score (nSPS) is 14.9. The summed E-state index contributed by atoms with van der Waals surface area (Å²) < 4.78 is 28.5. The largest absolute Gasteiger partial charge is 0.456 e. The van der Waals surface area contributed by atoms with Gasteiger partial charge in [-0.25, -0.2) is 18.4 Å². The van der Waals surface area contributed by atoms with E-state index in [0.717, 1.165) is 24.1 Å². The molecule has 12 heteroatoms. The molecule has 0 spiro atoms. The van der Waals surface area contributed by atoms with Crippen molar-refractivity contribution < 1.29 is 17.9 Å². The first kappa shape index (κ1) is 26.0. The van der Waals surface area contributed by atoms with E-state index >= 15 is 0 Å². The smallest absolute Gasteiger partial charge is 0.235 e. The SMILES string of the molecule is CC1Cc2ncnc(Nc3ccc(Oc4cccc(Cl)c4)c(Cl)c3)c2N1CCNC(=O)CS(C)(=O)=O. The van der Waals surface area contributed by atoms with Gasteiger partial charge in [0.05, 0.1) is 10.7 Å². The number of ether oxygens (including phenoxy) is 1. The molecule has 0 saturated heterocycles. The van der Waals surface area contributed by atoms with Crippen molar-refractivity contribution >= 4 is 56.1 Å². The van der Waals surface area contributed by atoms with Crippen LogP contribution in [0.1, 0.15) is 12.6 Å². The van der Waals surface area contributed by atoms with E-state index in [1.807, 2.05) is 6.07 Å². The van der Waals surface area contributed by atoms with Crippen molar-refractivity contribution in [1.82, 2.24) is 15.3 Å². The molecule has 1 aromatic heterocycles. The van der Waals surface area contributed by atoms with E-state index in [-0.39, 0.29) is 12.6 Å². The Hall–Kier alpha value is -3.08. The molecule has 0 bridgehead atoms. The third-order valence-electron chi connectivity index (χ3n) is 5.49. The van der Waals surface area contributed by atoms with Gasteiger partial charge < -0.3 is 20.3 Å². The Labute approximate surface area is 219 Å². The molecule has 1 aliphatic rings. The van der Waals surface area contributed by atoms with Gasteiger partial charge in [0.25, 0.3) is 0 Å². The van der Waals surface area contributed by atoms with Gasteiger partial charge in [-0.2, -0.15) is 0 Å². The van der Waals surface area contributed by atoms with Crippen LogP contribution in [0.4, 0.5) is 17.2 Å². The molecule has 1 unspecified atom stereocenters. The molecule has 0 fully saturated rings. The number of halogens is 2. The summed E-state index contributed by atoms with van der Waals surface area (Å²) >= 11 is 12.5. The average Bonchev–Trinajstić information content (AvgIpc) is 3.10. The highest BCUT2D eigenvalue weighted by molar-refractivity contribution is 7.91. The maximum Gasteiger partial charge on any atom is 0.235 e. The second-order valence-corrected chi connectivity index (χ2v) is 11.5. The molecule has 0 aliphatic carbocycles. The first-order valence-electron chi connectivity index (χ1n) is 11.1. The molecule has 1 atom stereocenters. The summed E-state index contributed by atoms with van der Waals surface area (Å²) in [5.41, 5.74) is 2.42. The maximum absolute atomic E-state index is 11.9. The molecule has 0 radical (unpaired) electrons. The van der Waals surface area contributed by atoms with Crippen molar-refractivity contribution in [1.29, 1.82) is 0 Å². The number of rotatable bonds is 9. The molecular weight excluding hydrogens is 525 g/mol. The first-order chi connectivity index (χ1) is 17.1. The predicted octanol–water partition coefficient (Wildman–Crippen LogP) is 4.23. The van der Waals surface area contributed by atoms with E-state index in [0.29, 0.717) is 39.6 Å². The Bertz CT molecular complexity index is 1390. The van der Waals surface area contributed by atoms with Crippen molar-refractivity contribution in [3.05, 3.63) is 64.5 Å². The fourth-order valence-electron chi connectivity index (χ4n) is 3.96. The van der Waals surface area contributed by atoms with E-state index in [4.69, 9.17) is 27.9 Å². The number of amides is 1. The molecule has 2 N–H and O–H groups in total. The fourth-order valence-corrected chi connectivity index (χ4v) is 4.94. The summed E-state index contributed by atoms with van der Waals surface area (Å²) in [5.74, 6) is 0.602. The molecule has 2 heterocycles. The fraction of sp³-hybridized carbons (Fsp3) is 0.292. The molecule has 36 heavy (non-hydrogen) atoms. The number of nitrogens with one attached hydrogen (secondary N) is 2. The van der Waals surface area contributed by atoms with E-state index in [1.165, 1.54) is 6.33 Å². The van der Waals surface area contributed by atoms with E-state index in [9.17, 15) is 13.2 Å². The van der Waals surface area contributed by atoms with Crippen molar-refractivity contribution in [2.45, 2.75) is 19.4 Å². The highest BCUT2D eigenvalue weighted by Gasteiger charge is 2.30. The Morgan fingerprint density at radius 1 is 1.19 bits per heavy atom. The van der Waals surface area contributed by atoms with Gasteiger partial charge in [-0.1, -0.05) is 29.3 Å². The number of nitrogens with zero attached hydrogens (tertiary/aromatic N) is 3. The third-order valence-corrected chi connectivity index (χ3v) is 6.81. The van der Waals surface area contributed by atoms with Crippen LogP contribution in [0.5, 0.6) is 11.5 Å². The quantitative estimate of drug-likeness (QED) is 0.407. The Morgan fingerprint density at radius 2 is 2.00 bits per heavy atom. The second kappa shape index (κ2) is 10.9. The molecular formula is C24H25Cl2N5O4S. The Kier molecular flexibility index (Phi) is 7.87. The van der Waals surface area contributed by atoms with Crippen LogP contribution in [-0.2, 0) is 21.1 Å². The van der Waals surface area contributed by atoms with Crippen molar-refractivity contribution in [2.24, 2.45) is 0 Å². The molecule has 9 nitrogen and oxygen atoms in total. The average molecular weight is 550 g/mol. The van der Waals surface area contributed by atoms with Gasteiger partial charge in [-0.05, 0) is 43.3 Å². The minimum atomic E-state index is -3.38. The Morgan fingerprint density at radius 3 is 2.72 bits per heavy atom. The van der Waals surface area contributed by atoms with Gasteiger partial charge in [0.15, 0.2) is 15.7 Å². The lowest BCUT2D eigenvalue weighted by Crippen LogP contribution is -2.39. The lowest BCUT2D eigenvalue weighted by atomic mass is 10.2. The van der Waals surface area contributed by atoms with Crippen LogP contribution in [0.2, 0.25) is 10.0 Å². The number of hydrogen-bond donors (Lipinski definition) is 2. The van der Waals surface area contributed by atoms with Gasteiger partial charge >= 0.3 is 0 Å². The molecule has 1 aliphatic heterocycles. The predicted molar refractivity (Wildman–Crippen MR) is 142 cm³/mol. The van der Waals surface area contributed by atoms with E-state index in [2.05, 4.69) is 32.4 Å². The minimum Gasteiger partial charge on any atom is -0.456 e. The molecule has 4 rings (SSSR count). The van der Waals surface area contributed by atoms with Crippen LogP contribution < -0.4 is 20.3 Å². The number of fused-ring (bicyclic) bond motifs is 1. The number of aromatic nitrogens is 2. The van der Waals surface area contributed by atoms with Gasteiger partial charge in [0.2, 0.25) is 5.91 Å². The first-order valence-corrected chi connectivity index (χ1v) is 14.0.